The van der Waals surface area contributed by atoms with Gasteiger partial charge in [-0.05, 0) is 62.0 Å². The molecule has 22 heavy (non-hydrogen) atoms. The Bertz CT molecular complexity index is 500. The van der Waals surface area contributed by atoms with E-state index in [1.165, 1.54) is 38.5 Å². The topological polar surface area (TPSA) is 9.23 Å². The number of hydrogen-bond acceptors (Lipinski definition) is 1. The first-order chi connectivity index (χ1) is 10.7. The second-order valence-corrected chi connectivity index (χ2v) is 6.87. The number of ether oxygens (including phenoxy) is 1. The van der Waals surface area contributed by atoms with Gasteiger partial charge < -0.3 is 4.74 Å². The lowest BCUT2D eigenvalue weighted by atomic mass is 9.73. The van der Waals surface area contributed by atoms with Crippen LogP contribution in [0.25, 0.3) is 0 Å². The number of benzene rings is 1. The minimum Gasteiger partial charge on any atom is -0.491 e. The van der Waals surface area contributed by atoms with Crippen LogP contribution in [0.15, 0.2) is 12.1 Å². The molecule has 0 bridgehead atoms. The molecule has 3 heteroatoms. The first-order valence-corrected chi connectivity index (χ1v) is 8.81. The second kappa shape index (κ2) is 6.97. The molecule has 2 aliphatic rings. The van der Waals surface area contributed by atoms with Crippen LogP contribution < -0.4 is 4.74 Å². The van der Waals surface area contributed by atoms with Gasteiger partial charge in [0.2, 0.25) is 5.82 Å². The van der Waals surface area contributed by atoms with E-state index < -0.39 is 11.6 Å². The van der Waals surface area contributed by atoms with Crippen LogP contribution in [0.2, 0.25) is 0 Å². The van der Waals surface area contributed by atoms with Crippen LogP contribution >= 0.6 is 0 Å². The molecule has 1 aromatic rings. The van der Waals surface area contributed by atoms with Gasteiger partial charge in [0.1, 0.15) is 0 Å². The Morgan fingerprint density at radius 1 is 0.909 bits per heavy atom. The van der Waals surface area contributed by atoms with Gasteiger partial charge in [0.05, 0.1) is 6.61 Å². The Kier molecular flexibility index (Phi) is 5.00. The van der Waals surface area contributed by atoms with Gasteiger partial charge in [-0.3, -0.25) is 0 Å². The zero-order valence-corrected chi connectivity index (χ0v) is 13.4. The Hall–Kier alpha value is -1.12. The van der Waals surface area contributed by atoms with Crippen LogP contribution in [-0.2, 0) is 0 Å². The van der Waals surface area contributed by atoms with E-state index in [0.29, 0.717) is 12.2 Å². The third kappa shape index (κ3) is 3.13. The van der Waals surface area contributed by atoms with E-state index >= 15 is 0 Å². The zero-order valence-electron chi connectivity index (χ0n) is 13.4. The summed E-state index contributed by atoms with van der Waals surface area (Å²) in [7, 11) is 0. The molecule has 0 amide bonds. The van der Waals surface area contributed by atoms with Crippen LogP contribution in [0, 0.1) is 23.5 Å². The molecule has 0 aliphatic heterocycles. The average Bonchev–Trinajstić information content (AvgIpc) is 3.07. The van der Waals surface area contributed by atoms with E-state index in [9.17, 15) is 8.78 Å². The Morgan fingerprint density at radius 2 is 1.55 bits per heavy atom. The van der Waals surface area contributed by atoms with E-state index in [2.05, 4.69) is 0 Å². The second-order valence-electron chi connectivity index (χ2n) is 6.87. The summed E-state index contributed by atoms with van der Waals surface area (Å²) in [5.74, 6) is 0.385. The predicted molar refractivity (Wildman–Crippen MR) is 84.2 cm³/mol. The normalized spacial score (nSPS) is 26.3. The third-order valence-electron chi connectivity index (χ3n) is 5.65. The molecule has 0 radical (unpaired) electrons. The fourth-order valence-corrected chi connectivity index (χ4v) is 4.46. The molecular formula is C19H26F2O. The highest BCUT2D eigenvalue weighted by Crippen LogP contribution is 2.44. The average molecular weight is 308 g/mol. The molecule has 1 aromatic carbocycles. The van der Waals surface area contributed by atoms with E-state index in [1.807, 2.05) is 0 Å². The summed E-state index contributed by atoms with van der Waals surface area (Å²) in [6.45, 7) is 2.12. The standard InChI is InChI=1S/C19H26F2O/c1-2-22-17-12-11-16(18(20)19(17)21)15-9-7-14(8-10-15)13-5-3-4-6-13/h11-15H,2-10H2,1H3. The van der Waals surface area contributed by atoms with Gasteiger partial charge >= 0.3 is 0 Å². The maximum Gasteiger partial charge on any atom is 0.200 e. The van der Waals surface area contributed by atoms with Crippen molar-refractivity contribution in [3.8, 4) is 5.75 Å². The summed E-state index contributed by atoms with van der Waals surface area (Å²) in [6, 6.07) is 3.31. The fourth-order valence-electron chi connectivity index (χ4n) is 4.46. The molecule has 2 aliphatic carbocycles. The highest BCUT2D eigenvalue weighted by atomic mass is 19.2. The summed E-state index contributed by atoms with van der Waals surface area (Å²) in [4.78, 5) is 0. The van der Waals surface area contributed by atoms with Gasteiger partial charge in [0.25, 0.3) is 0 Å². The number of halogens is 2. The van der Waals surface area contributed by atoms with Crippen LogP contribution in [0.1, 0.15) is 69.8 Å². The molecule has 0 unspecified atom stereocenters. The summed E-state index contributed by atoms with van der Waals surface area (Å²) >= 11 is 0. The molecule has 2 fully saturated rings. The molecule has 1 nitrogen and oxygen atoms in total. The van der Waals surface area contributed by atoms with Gasteiger partial charge in [-0.2, -0.15) is 4.39 Å². The number of hydrogen-bond donors (Lipinski definition) is 0. The minimum absolute atomic E-state index is 0.0309. The van der Waals surface area contributed by atoms with Crippen molar-refractivity contribution in [2.24, 2.45) is 11.8 Å². The molecule has 0 saturated heterocycles. The molecule has 0 spiro atoms. The number of rotatable bonds is 4. The molecule has 0 N–H and O–H groups in total. The molecule has 0 aromatic heterocycles. The lowest BCUT2D eigenvalue weighted by Gasteiger charge is -2.32. The molecule has 0 atom stereocenters. The Balaban J connectivity index is 1.67. The van der Waals surface area contributed by atoms with Gasteiger partial charge in [0.15, 0.2) is 11.6 Å². The third-order valence-corrected chi connectivity index (χ3v) is 5.65. The van der Waals surface area contributed by atoms with Crippen molar-refractivity contribution in [1.29, 1.82) is 0 Å². The van der Waals surface area contributed by atoms with Crippen LogP contribution in [0.5, 0.6) is 5.75 Å². The van der Waals surface area contributed by atoms with Gasteiger partial charge in [-0.15, -0.1) is 0 Å². The predicted octanol–water partition coefficient (Wildman–Crippen LogP) is 5.83. The molecule has 0 heterocycles. The molecular weight excluding hydrogens is 282 g/mol. The Morgan fingerprint density at radius 3 is 2.18 bits per heavy atom. The highest BCUT2D eigenvalue weighted by Gasteiger charge is 2.31. The van der Waals surface area contributed by atoms with E-state index in [-0.39, 0.29) is 11.7 Å². The van der Waals surface area contributed by atoms with Crippen LogP contribution in [0.3, 0.4) is 0 Å². The van der Waals surface area contributed by atoms with Crippen molar-refractivity contribution >= 4 is 0 Å². The van der Waals surface area contributed by atoms with Crippen molar-refractivity contribution in [2.75, 3.05) is 6.61 Å². The molecule has 122 valence electrons. The van der Waals surface area contributed by atoms with Crippen molar-refractivity contribution in [3.63, 3.8) is 0 Å². The highest BCUT2D eigenvalue weighted by molar-refractivity contribution is 5.33. The van der Waals surface area contributed by atoms with Crippen molar-refractivity contribution < 1.29 is 13.5 Å². The largest absolute Gasteiger partial charge is 0.491 e. The monoisotopic (exact) mass is 308 g/mol. The Labute approximate surface area is 132 Å². The van der Waals surface area contributed by atoms with Crippen LogP contribution in [0.4, 0.5) is 8.78 Å². The van der Waals surface area contributed by atoms with E-state index in [0.717, 1.165) is 24.7 Å². The first kappa shape index (κ1) is 15.8. The lowest BCUT2D eigenvalue weighted by Crippen LogP contribution is -2.20. The minimum atomic E-state index is -0.822. The van der Waals surface area contributed by atoms with E-state index in [4.69, 9.17) is 4.74 Å². The smallest absolute Gasteiger partial charge is 0.200 e. The maximum atomic E-state index is 14.3. The van der Waals surface area contributed by atoms with Crippen molar-refractivity contribution in [2.45, 2.75) is 64.2 Å². The molecule has 3 rings (SSSR count). The first-order valence-electron chi connectivity index (χ1n) is 8.81. The van der Waals surface area contributed by atoms with Crippen LogP contribution in [-0.4, -0.2) is 6.61 Å². The summed E-state index contributed by atoms with van der Waals surface area (Å²) in [5, 5.41) is 0. The SMILES string of the molecule is CCOc1ccc(C2CCC(C3CCCC3)CC2)c(F)c1F. The van der Waals surface area contributed by atoms with Gasteiger partial charge in [-0.1, -0.05) is 31.7 Å². The summed E-state index contributed by atoms with van der Waals surface area (Å²) < 4.78 is 33.5. The molecule has 2 saturated carbocycles. The lowest BCUT2D eigenvalue weighted by molar-refractivity contribution is 0.232. The van der Waals surface area contributed by atoms with Crippen molar-refractivity contribution in [1.82, 2.24) is 0 Å². The van der Waals surface area contributed by atoms with Gasteiger partial charge in [-0.25, -0.2) is 4.39 Å². The zero-order chi connectivity index (χ0) is 15.5. The summed E-state index contributed by atoms with van der Waals surface area (Å²) in [5.41, 5.74) is 0.547. The van der Waals surface area contributed by atoms with E-state index in [1.54, 1.807) is 19.1 Å². The maximum absolute atomic E-state index is 14.3. The van der Waals surface area contributed by atoms with Gasteiger partial charge in [0, 0.05) is 0 Å². The fraction of sp³-hybridized carbons (Fsp3) is 0.684. The van der Waals surface area contributed by atoms with Crippen molar-refractivity contribution in [3.05, 3.63) is 29.3 Å². The quantitative estimate of drug-likeness (QED) is 0.680. The summed E-state index contributed by atoms with van der Waals surface area (Å²) in [6.07, 6.45) is 9.83.